The van der Waals surface area contributed by atoms with E-state index in [2.05, 4.69) is 26.1 Å². The molecule has 0 atom stereocenters. The molecule has 0 fully saturated rings. The lowest BCUT2D eigenvalue weighted by Crippen LogP contribution is -2.42. The van der Waals surface area contributed by atoms with Crippen molar-refractivity contribution in [1.29, 1.82) is 0 Å². The molecule has 0 saturated carbocycles. The lowest BCUT2D eigenvalue weighted by Gasteiger charge is -2.18. The summed E-state index contributed by atoms with van der Waals surface area (Å²) in [4.78, 5) is 41.3. The molecular weight excluding hydrogens is 398 g/mol. The first kappa shape index (κ1) is 32.5. The van der Waals surface area contributed by atoms with Crippen molar-refractivity contribution in [3.63, 3.8) is 0 Å². The molecule has 0 saturated heterocycles. The van der Waals surface area contributed by atoms with Crippen LogP contribution in [0.1, 0.15) is 79.1 Å². The minimum absolute atomic E-state index is 0.0472. The van der Waals surface area contributed by atoms with Gasteiger partial charge in [-0.1, -0.05) is 46.5 Å². The van der Waals surface area contributed by atoms with Crippen LogP contribution in [0.25, 0.3) is 0 Å². The highest BCUT2D eigenvalue weighted by molar-refractivity contribution is 5.88. The molecule has 0 aromatic heterocycles. The summed E-state index contributed by atoms with van der Waals surface area (Å²) in [5.74, 6) is -5.07. The Bertz CT molecular complexity index is 463. The normalized spacial score (nSPS) is 10.0. The van der Waals surface area contributed by atoms with Crippen molar-refractivity contribution < 1.29 is 44.3 Å². The summed E-state index contributed by atoms with van der Waals surface area (Å²) < 4.78 is 4.81. The maximum Gasteiger partial charge on any atom is 0.336 e. The molecular formula is C20H39NO9. The molecule has 10 heteroatoms. The monoisotopic (exact) mass is 437 g/mol. The van der Waals surface area contributed by atoms with Gasteiger partial charge < -0.3 is 30.5 Å². The lowest BCUT2D eigenvalue weighted by atomic mass is 9.96. The van der Waals surface area contributed by atoms with Gasteiger partial charge in [0.1, 0.15) is 0 Å². The Kier molecular flexibility index (Phi) is 23.3. The molecule has 0 unspecified atom stereocenters. The number of rotatable bonds is 14. The van der Waals surface area contributed by atoms with E-state index >= 15 is 0 Å². The van der Waals surface area contributed by atoms with Crippen LogP contribution in [0.2, 0.25) is 0 Å². The predicted molar refractivity (Wildman–Crippen MR) is 111 cm³/mol. The van der Waals surface area contributed by atoms with Crippen molar-refractivity contribution in [2.75, 3.05) is 19.7 Å². The highest BCUT2D eigenvalue weighted by atomic mass is 16.5. The van der Waals surface area contributed by atoms with E-state index in [1.54, 1.807) is 0 Å². The zero-order valence-corrected chi connectivity index (χ0v) is 18.6. The molecule has 0 aliphatic carbocycles. The smallest absolute Gasteiger partial charge is 0.336 e. The Labute approximate surface area is 178 Å². The minimum Gasteiger partial charge on any atom is -0.481 e. The largest absolute Gasteiger partial charge is 0.481 e. The maximum atomic E-state index is 10.9. The third kappa shape index (κ3) is 23.8. The van der Waals surface area contributed by atoms with Crippen molar-refractivity contribution in [3.8, 4) is 0 Å². The zero-order chi connectivity index (χ0) is 24.0. The van der Waals surface area contributed by atoms with E-state index in [-0.39, 0.29) is 5.97 Å². The summed E-state index contributed by atoms with van der Waals surface area (Å²) in [5, 5.41) is 36.9. The molecule has 5 N–H and O–H groups in total. The molecule has 0 rings (SSSR count). The topological polar surface area (TPSA) is 170 Å². The molecule has 0 aromatic carbocycles. The van der Waals surface area contributed by atoms with Crippen LogP contribution >= 0.6 is 0 Å². The van der Waals surface area contributed by atoms with E-state index in [0.717, 1.165) is 25.9 Å². The maximum absolute atomic E-state index is 10.9. The zero-order valence-electron chi connectivity index (χ0n) is 18.6. The Morgan fingerprint density at radius 3 is 1.57 bits per heavy atom. The van der Waals surface area contributed by atoms with Crippen LogP contribution in [0, 0.1) is 0 Å². The van der Waals surface area contributed by atoms with E-state index in [9.17, 15) is 19.2 Å². The summed E-state index contributed by atoms with van der Waals surface area (Å²) in [6.45, 7) is 10.9. The molecule has 178 valence electrons. The fourth-order valence-corrected chi connectivity index (χ4v) is 2.07. The highest BCUT2D eigenvalue weighted by Crippen LogP contribution is 2.15. The van der Waals surface area contributed by atoms with Gasteiger partial charge in [-0.15, -0.1) is 0 Å². The minimum atomic E-state index is -2.74. The number of carbonyl (C=O) groups is 4. The average Bonchev–Trinajstić information content (AvgIpc) is 2.62. The van der Waals surface area contributed by atoms with Crippen LogP contribution in [0.15, 0.2) is 0 Å². The number of aliphatic hydroxyl groups is 1. The van der Waals surface area contributed by atoms with Crippen molar-refractivity contribution >= 4 is 23.9 Å². The predicted octanol–water partition coefficient (Wildman–Crippen LogP) is 2.28. The van der Waals surface area contributed by atoms with Crippen LogP contribution in [0.4, 0.5) is 0 Å². The number of ether oxygens (including phenoxy) is 1. The third-order valence-electron chi connectivity index (χ3n) is 3.58. The Hall–Kier alpha value is -2.20. The number of aliphatic carboxylic acids is 3. The van der Waals surface area contributed by atoms with E-state index in [4.69, 9.17) is 25.2 Å². The number of carboxylic acids is 3. The first-order valence-corrected chi connectivity index (χ1v) is 10.3. The van der Waals surface area contributed by atoms with E-state index in [0.29, 0.717) is 13.0 Å². The van der Waals surface area contributed by atoms with E-state index in [1.165, 1.54) is 19.3 Å². The molecule has 0 aliphatic heterocycles. The Morgan fingerprint density at radius 2 is 1.27 bits per heavy atom. The standard InChI is InChI=1S/C10H20O2.C6H8O7.C4H11N/c1-3-5-6-7-8-9-10(11)12-4-2;7-3(8)1-6(13,5(11)12)2-4(9)10;1-3-5-4-2/h3-9H2,1-2H3;13H,1-2H2,(H,7,8)(H,9,10)(H,11,12);5H,3-4H2,1-2H3. The number of carbonyl (C=O) groups excluding carboxylic acids is 1. The molecule has 0 heterocycles. The quantitative estimate of drug-likeness (QED) is 0.200. The Balaban J connectivity index is -0.000000399. The van der Waals surface area contributed by atoms with Crippen molar-refractivity contribution in [1.82, 2.24) is 5.32 Å². The Morgan fingerprint density at radius 1 is 0.800 bits per heavy atom. The fourth-order valence-electron chi connectivity index (χ4n) is 2.07. The van der Waals surface area contributed by atoms with Gasteiger partial charge in [-0.25, -0.2) is 4.79 Å². The number of unbranched alkanes of at least 4 members (excludes halogenated alkanes) is 4. The molecule has 0 aromatic rings. The van der Waals surface area contributed by atoms with Gasteiger partial charge in [-0.2, -0.15) is 0 Å². The summed E-state index contributed by atoms with van der Waals surface area (Å²) in [7, 11) is 0. The highest BCUT2D eigenvalue weighted by Gasteiger charge is 2.40. The second kappa shape index (κ2) is 21.5. The van der Waals surface area contributed by atoms with Crippen LogP contribution in [0.3, 0.4) is 0 Å². The number of hydrogen-bond acceptors (Lipinski definition) is 7. The fraction of sp³-hybridized carbons (Fsp3) is 0.800. The number of carboxylic acid groups (broad SMARTS) is 3. The molecule has 0 radical (unpaired) electrons. The van der Waals surface area contributed by atoms with Crippen LogP contribution in [-0.2, 0) is 23.9 Å². The molecule has 0 amide bonds. The SMILES string of the molecule is CCCCCCCC(=O)OCC.CCNCC.O=C(O)CC(O)(CC(=O)O)C(=O)O. The van der Waals surface area contributed by atoms with Gasteiger partial charge in [0, 0.05) is 6.42 Å². The summed E-state index contributed by atoms with van der Waals surface area (Å²) in [6, 6.07) is 0. The van der Waals surface area contributed by atoms with Gasteiger partial charge in [0.25, 0.3) is 0 Å². The third-order valence-corrected chi connectivity index (χ3v) is 3.58. The average molecular weight is 438 g/mol. The second-order valence-corrected chi connectivity index (χ2v) is 6.40. The lowest BCUT2D eigenvalue weighted by molar-refractivity contribution is -0.170. The van der Waals surface area contributed by atoms with Gasteiger partial charge in [-0.05, 0) is 26.4 Å². The van der Waals surface area contributed by atoms with Crippen molar-refractivity contribution in [2.45, 2.75) is 84.7 Å². The first-order valence-electron chi connectivity index (χ1n) is 10.3. The van der Waals surface area contributed by atoms with Crippen LogP contribution in [-0.4, -0.2) is 69.6 Å². The number of esters is 1. The van der Waals surface area contributed by atoms with Crippen LogP contribution in [0.5, 0.6) is 0 Å². The van der Waals surface area contributed by atoms with E-state index in [1.807, 2.05) is 6.92 Å². The molecule has 30 heavy (non-hydrogen) atoms. The molecule has 0 bridgehead atoms. The summed E-state index contributed by atoms with van der Waals surface area (Å²) >= 11 is 0. The summed E-state index contributed by atoms with van der Waals surface area (Å²) in [6.07, 6.45) is 4.23. The molecule has 10 nitrogen and oxygen atoms in total. The molecule has 0 spiro atoms. The molecule has 0 aliphatic rings. The van der Waals surface area contributed by atoms with E-state index < -0.39 is 36.4 Å². The van der Waals surface area contributed by atoms with Gasteiger partial charge >= 0.3 is 23.9 Å². The number of nitrogens with one attached hydrogen (secondary N) is 1. The van der Waals surface area contributed by atoms with Gasteiger partial charge in [0.05, 0.1) is 19.4 Å². The van der Waals surface area contributed by atoms with Crippen molar-refractivity contribution in [2.24, 2.45) is 0 Å². The summed E-state index contributed by atoms with van der Waals surface area (Å²) in [5.41, 5.74) is -2.74. The second-order valence-electron chi connectivity index (χ2n) is 6.40. The van der Waals surface area contributed by atoms with Crippen molar-refractivity contribution in [3.05, 3.63) is 0 Å². The van der Waals surface area contributed by atoms with Gasteiger partial charge in [0.2, 0.25) is 0 Å². The van der Waals surface area contributed by atoms with Gasteiger partial charge in [-0.3, -0.25) is 14.4 Å². The van der Waals surface area contributed by atoms with Crippen LogP contribution < -0.4 is 5.32 Å². The first-order chi connectivity index (χ1) is 14.0. The number of hydrogen-bond donors (Lipinski definition) is 5. The van der Waals surface area contributed by atoms with Gasteiger partial charge in [0.15, 0.2) is 5.60 Å².